The molecule has 3 heterocycles. The number of hydrogen-bond donors (Lipinski definition) is 0. The summed E-state index contributed by atoms with van der Waals surface area (Å²) in [5.74, 6) is 1.97. The molecule has 2 fully saturated rings. The lowest BCUT2D eigenvalue weighted by Crippen LogP contribution is -2.31. The molecule has 5 heteroatoms. The van der Waals surface area contributed by atoms with E-state index in [0.717, 1.165) is 29.3 Å². The lowest BCUT2D eigenvalue weighted by molar-refractivity contribution is 0.366. The topological polar surface area (TPSA) is 46.8 Å². The van der Waals surface area contributed by atoms with Gasteiger partial charge in [0.05, 0.1) is 17.1 Å². The standard InChI is InChI=1S/C16H23N5/c1-16(2,3)21-15-12(9-19-21)14(17-10-18-15)20-8-4-5-13(20)11-6-7-11/h9-11,13H,4-8H2,1-3H3. The van der Waals surface area contributed by atoms with Gasteiger partial charge in [0.15, 0.2) is 5.65 Å². The maximum Gasteiger partial charge on any atom is 0.163 e. The molecule has 0 aromatic carbocycles. The highest BCUT2D eigenvalue weighted by Crippen LogP contribution is 2.42. The number of aromatic nitrogens is 4. The third kappa shape index (κ3) is 2.10. The summed E-state index contributed by atoms with van der Waals surface area (Å²) in [5.41, 5.74) is 0.891. The number of anilines is 1. The Morgan fingerprint density at radius 3 is 2.67 bits per heavy atom. The fourth-order valence-corrected chi connectivity index (χ4v) is 3.58. The first-order chi connectivity index (χ1) is 10.1. The third-order valence-electron chi connectivity index (χ3n) is 4.72. The SMILES string of the molecule is CC(C)(C)n1ncc2c(N3CCCC3C3CC3)ncnc21. The minimum Gasteiger partial charge on any atom is -0.353 e. The molecular formula is C16H23N5. The lowest BCUT2D eigenvalue weighted by atomic mass is 10.1. The van der Waals surface area contributed by atoms with E-state index in [-0.39, 0.29) is 5.54 Å². The van der Waals surface area contributed by atoms with Crippen molar-refractivity contribution in [2.45, 2.75) is 58.0 Å². The fraction of sp³-hybridized carbons (Fsp3) is 0.688. The van der Waals surface area contributed by atoms with Gasteiger partial charge in [0.1, 0.15) is 12.1 Å². The minimum atomic E-state index is -0.0612. The highest BCUT2D eigenvalue weighted by Gasteiger charge is 2.39. The summed E-state index contributed by atoms with van der Waals surface area (Å²) in [6, 6.07) is 0.682. The molecule has 1 aliphatic carbocycles. The van der Waals surface area contributed by atoms with Crippen LogP contribution in [-0.2, 0) is 5.54 Å². The summed E-state index contributed by atoms with van der Waals surface area (Å²) in [5, 5.41) is 5.67. The van der Waals surface area contributed by atoms with Gasteiger partial charge in [-0.2, -0.15) is 5.10 Å². The lowest BCUT2D eigenvalue weighted by Gasteiger charge is -2.26. The summed E-state index contributed by atoms with van der Waals surface area (Å²) >= 11 is 0. The Bertz CT molecular complexity index is 665. The molecule has 21 heavy (non-hydrogen) atoms. The Balaban J connectivity index is 1.80. The van der Waals surface area contributed by atoms with Crippen LogP contribution in [-0.4, -0.2) is 32.3 Å². The van der Waals surface area contributed by atoms with E-state index in [0.29, 0.717) is 6.04 Å². The molecule has 5 nitrogen and oxygen atoms in total. The van der Waals surface area contributed by atoms with E-state index in [1.807, 2.05) is 10.9 Å². The summed E-state index contributed by atoms with van der Waals surface area (Å²) in [6.45, 7) is 7.59. The maximum absolute atomic E-state index is 4.61. The quantitative estimate of drug-likeness (QED) is 0.851. The van der Waals surface area contributed by atoms with Crippen LogP contribution in [0.4, 0.5) is 5.82 Å². The van der Waals surface area contributed by atoms with E-state index in [9.17, 15) is 0 Å². The molecule has 0 amide bonds. The normalized spacial score (nSPS) is 23.2. The largest absolute Gasteiger partial charge is 0.353 e. The first-order valence-corrected chi connectivity index (χ1v) is 8.01. The first kappa shape index (κ1) is 13.0. The summed E-state index contributed by atoms with van der Waals surface area (Å²) in [7, 11) is 0. The molecule has 1 unspecified atom stereocenters. The van der Waals surface area contributed by atoms with Crippen LogP contribution < -0.4 is 4.90 Å². The van der Waals surface area contributed by atoms with Crippen LogP contribution in [0.15, 0.2) is 12.5 Å². The Morgan fingerprint density at radius 2 is 1.95 bits per heavy atom. The highest BCUT2D eigenvalue weighted by molar-refractivity contribution is 5.87. The highest BCUT2D eigenvalue weighted by atomic mass is 15.3. The number of rotatable bonds is 2. The van der Waals surface area contributed by atoms with E-state index in [4.69, 9.17) is 0 Å². The predicted octanol–water partition coefficient (Wildman–Crippen LogP) is 2.96. The van der Waals surface area contributed by atoms with Crippen molar-refractivity contribution in [2.75, 3.05) is 11.4 Å². The van der Waals surface area contributed by atoms with Crippen molar-refractivity contribution in [3.63, 3.8) is 0 Å². The average Bonchev–Trinajstić information content (AvgIpc) is 3.00. The van der Waals surface area contributed by atoms with E-state index < -0.39 is 0 Å². The van der Waals surface area contributed by atoms with Crippen LogP contribution in [0.5, 0.6) is 0 Å². The van der Waals surface area contributed by atoms with Gasteiger partial charge in [0, 0.05) is 12.6 Å². The Kier molecular flexibility index (Phi) is 2.75. The van der Waals surface area contributed by atoms with Crippen molar-refractivity contribution in [3.8, 4) is 0 Å². The minimum absolute atomic E-state index is 0.0612. The van der Waals surface area contributed by atoms with Crippen molar-refractivity contribution >= 4 is 16.9 Å². The molecule has 4 rings (SSSR count). The van der Waals surface area contributed by atoms with Gasteiger partial charge in [-0.3, -0.25) is 0 Å². The van der Waals surface area contributed by atoms with Crippen LogP contribution in [0.3, 0.4) is 0 Å². The molecular weight excluding hydrogens is 262 g/mol. The molecule has 1 saturated carbocycles. The van der Waals surface area contributed by atoms with Crippen LogP contribution in [0.2, 0.25) is 0 Å². The van der Waals surface area contributed by atoms with Gasteiger partial charge in [-0.05, 0) is 52.4 Å². The summed E-state index contributed by atoms with van der Waals surface area (Å²) in [6.07, 6.45) is 9.00. The molecule has 2 aromatic heterocycles. The van der Waals surface area contributed by atoms with E-state index >= 15 is 0 Å². The second kappa shape index (κ2) is 4.42. The summed E-state index contributed by atoms with van der Waals surface area (Å²) < 4.78 is 2.01. The van der Waals surface area contributed by atoms with Gasteiger partial charge < -0.3 is 4.90 Å². The molecule has 1 saturated heterocycles. The van der Waals surface area contributed by atoms with Crippen LogP contribution in [0.1, 0.15) is 46.5 Å². The van der Waals surface area contributed by atoms with Crippen molar-refractivity contribution in [1.29, 1.82) is 0 Å². The van der Waals surface area contributed by atoms with E-state index in [1.165, 1.54) is 25.7 Å². The molecule has 2 aromatic rings. The average molecular weight is 285 g/mol. The van der Waals surface area contributed by atoms with Crippen LogP contribution in [0, 0.1) is 5.92 Å². The van der Waals surface area contributed by atoms with Gasteiger partial charge in [-0.25, -0.2) is 14.6 Å². The molecule has 112 valence electrons. The van der Waals surface area contributed by atoms with E-state index in [1.54, 1.807) is 6.33 Å². The Morgan fingerprint density at radius 1 is 1.14 bits per heavy atom. The van der Waals surface area contributed by atoms with Gasteiger partial charge in [-0.15, -0.1) is 0 Å². The zero-order valence-electron chi connectivity index (χ0n) is 13.1. The first-order valence-electron chi connectivity index (χ1n) is 8.01. The van der Waals surface area contributed by atoms with Crippen molar-refractivity contribution in [3.05, 3.63) is 12.5 Å². The van der Waals surface area contributed by atoms with Crippen LogP contribution in [0.25, 0.3) is 11.0 Å². The van der Waals surface area contributed by atoms with Crippen LogP contribution >= 0.6 is 0 Å². The molecule has 2 aliphatic rings. The fourth-order valence-electron chi connectivity index (χ4n) is 3.58. The van der Waals surface area contributed by atoms with Gasteiger partial charge in [0.25, 0.3) is 0 Å². The van der Waals surface area contributed by atoms with Crippen molar-refractivity contribution in [2.24, 2.45) is 5.92 Å². The van der Waals surface area contributed by atoms with Gasteiger partial charge in [0.2, 0.25) is 0 Å². The smallest absolute Gasteiger partial charge is 0.163 e. The number of hydrogen-bond acceptors (Lipinski definition) is 4. The molecule has 0 radical (unpaired) electrons. The second-order valence-corrected chi connectivity index (χ2v) is 7.40. The zero-order valence-corrected chi connectivity index (χ0v) is 13.1. The molecule has 1 atom stereocenters. The molecule has 0 spiro atoms. The van der Waals surface area contributed by atoms with Gasteiger partial charge in [-0.1, -0.05) is 0 Å². The van der Waals surface area contributed by atoms with E-state index in [2.05, 4.69) is 40.7 Å². The summed E-state index contributed by atoms with van der Waals surface area (Å²) in [4.78, 5) is 11.6. The predicted molar refractivity (Wildman–Crippen MR) is 83.4 cm³/mol. The maximum atomic E-state index is 4.61. The van der Waals surface area contributed by atoms with Crippen molar-refractivity contribution in [1.82, 2.24) is 19.7 Å². The molecule has 0 N–H and O–H groups in total. The molecule has 0 bridgehead atoms. The Hall–Kier alpha value is -1.65. The monoisotopic (exact) mass is 285 g/mol. The molecule has 1 aliphatic heterocycles. The van der Waals surface area contributed by atoms with Crippen molar-refractivity contribution < 1.29 is 0 Å². The van der Waals surface area contributed by atoms with Gasteiger partial charge >= 0.3 is 0 Å². The number of fused-ring (bicyclic) bond motifs is 1. The third-order valence-corrected chi connectivity index (χ3v) is 4.72. The Labute approximate surface area is 125 Å². The second-order valence-electron chi connectivity index (χ2n) is 7.40. The number of nitrogens with zero attached hydrogens (tertiary/aromatic N) is 5. The zero-order chi connectivity index (χ0) is 14.6.